The maximum absolute atomic E-state index is 12.5. The van der Waals surface area contributed by atoms with E-state index in [1.165, 1.54) is 18.3 Å². The fourth-order valence-electron chi connectivity index (χ4n) is 1.69. The highest BCUT2D eigenvalue weighted by atomic mass is 35.5. The Hall–Kier alpha value is -1.18. The Morgan fingerprint density at radius 1 is 1.43 bits per heavy atom. The minimum atomic E-state index is -3.85. The molecule has 0 aliphatic carbocycles. The van der Waals surface area contributed by atoms with Crippen LogP contribution in [0.25, 0.3) is 0 Å². The van der Waals surface area contributed by atoms with E-state index in [0.29, 0.717) is 0 Å². The summed E-state index contributed by atoms with van der Waals surface area (Å²) in [5.41, 5.74) is -0.424. The molecule has 1 N–H and O–H groups in total. The molecule has 0 radical (unpaired) electrons. The van der Waals surface area contributed by atoms with Gasteiger partial charge in [-0.3, -0.25) is 4.79 Å². The average molecular weight is 334 g/mol. The number of hydrogen-bond donors (Lipinski definition) is 1. The molecule has 1 amide bonds. The molecule has 0 saturated carbocycles. The van der Waals surface area contributed by atoms with E-state index in [-0.39, 0.29) is 29.0 Å². The van der Waals surface area contributed by atoms with Crippen molar-refractivity contribution in [2.45, 2.75) is 38.1 Å². The third-order valence-electron chi connectivity index (χ3n) is 2.53. The molecule has 1 aromatic rings. The smallest absolute Gasteiger partial charge is 0.246 e. The zero-order valence-electron chi connectivity index (χ0n) is 12.6. The topological polar surface area (TPSA) is 79.4 Å². The average Bonchev–Trinajstić information content (AvgIpc) is 2.33. The molecule has 0 aromatic carbocycles. The number of aromatic nitrogens is 1. The van der Waals surface area contributed by atoms with E-state index in [1.807, 2.05) is 20.8 Å². The maximum atomic E-state index is 12.5. The van der Waals surface area contributed by atoms with Crippen LogP contribution in [-0.2, 0) is 14.8 Å². The van der Waals surface area contributed by atoms with Crippen molar-refractivity contribution in [3.05, 3.63) is 23.5 Å². The molecule has 0 saturated heterocycles. The van der Waals surface area contributed by atoms with Crippen molar-refractivity contribution >= 4 is 27.5 Å². The van der Waals surface area contributed by atoms with Gasteiger partial charge in [0.05, 0.1) is 6.54 Å². The summed E-state index contributed by atoms with van der Waals surface area (Å²) < 4.78 is 26.1. The molecule has 21 heavy (non-hydrogen) atoms. The van der Waals surface area contributed by atoms with E-state index in [1.54, 1.807) is 6.92 Å². The zero-order chi connectivity index (χ0) is 16.3. The van der Waals surface area contributed by atoms with E-state index in [9.17, 15) is 13.2 Å². The molecule has 1 rings (SSSR count). The predicted molar refractivity (Wildman–Crippen MR) is 81.6 cm³/mol. The van der Waals surface area contributed by atoms with Crippen molar-refractivity contribution in [1.29, 1.82) is 0 Å². The first-order chi connectivity index (χ1) is 9.58. The van der Waals surface area contributed by atoms with Crippen LogP contribution < -0.4 is 5.32 Å². The van der Waals surface area contributed by atoms with Crippen molar-refractivity contribution in [3.63, 3.8) is 0 Å². The monoisotopic (exact) mass is 333 g/mol. The summed E-state index contributed by atoms with van der Waals surface area (Å²) in [6.45, 7) is 7.04. The molecule has 6 nitrogen and oxygen atoms in total. The minimum absolute atomic E-state index is 0.0999. The number of halogens is 1. The number of likely N-dealkylation sites (N-methyl/N-ethyl adjacent to an activating group) is 1. The number of pyridine rings is 1. The first kappa shape index (κ1) is 17.9. The summed E-state index contributed by atoms with van der Waals surface area (Å²) in [4.78, 5) is 15.6. The van der Waals surface area contributed by atoms with Gasteiger partial charge in [0.25, 0.3) is 0 Å². The normalized spacial score (nSPS) is 12.5. The van der Waals surface area contributed by atoms with Crippen LogP contribution in [0.5, 0.6) is 0 Å². The zero-order valence-corrected chi connectivity index (χ0v) is 14.1. The second kappa shape index (κ2) is 6.72. The first-order valence-electron chi connectivity index (χ1n) is 6.49. The Morgan fingerprint density at radius 2 is 2.05 bits per heavy atom. The quantitative estimate of drug-likeness (QED) is 0.831. The fourth-order valence-corrected chi connectivity index (χ4v) is 3.52. The third-order valence-corrected chi connectivity index (χ3v) is 4.90. The van der Waals surface area contributed by atoms with Crippen molar-refractivity contribution in [2.75, 3.05) is 13.1 Å². The highest BCUT2D eigenvalue weighted by Gasteiger charge is 2.28. The van der Waals surface area contributed by atoms with Gasteiger partial charge >= 0.3 is 0 Å². The molecule has 0 bridgehead atoms. The molecule has 0 spiro atoms. The summed E-state index contributed by atoms with van der Waals surface area (Å²) in [5, 5.41) is 2.62. The highest BCUT2D eigenvalue weighted by Crippen LogP contribution is 2.21. The molecule has 0 fully saturated rings. The Labute approximate surface area is 130 Å². The lowest BCUT2D eigenvalue weighted by atomic mass is 10.1. The Bertz CT molecular complexity index is 611. The lowest BCUT2D eigenvalue weighted by Gasteiger charge is -2.24. The van der Waals surface area contributed by atoms with Crippen molar-refractivity contribution in [2.24, 2.45) is 0 Å². The molecule has 1 aromatic heterocycles. The molecule has 118 valence electrons. The van der Waals surface area contributed by atoms with Gasteiger partial charge in [-0.05, 0) is 32.9 Å². The Morgan fingerprint density at radius 3 is 2.52 bits per heavy atom. The van der Waals surface area contributed by atoms with E-state index in [4.69, 9.17) is 11.6 Å². The second-order valence-electron chi connectivity index (χ2n) is 5.52. The minimum Gasteiger partial charge on any atom is -0.350 e. The van der Waals surface area contributed by atoms with Crippen LogP contribution in [0.1, 0.15) is 27.7 Å². The van der Waals surface area contributed by atoms with Gasteiger partial charge in [0, 0.05) is 18.3 Å². The molecule has 0 atom stereocenters. The van der Waals surface area contributed by atoms with Gasteiger partial charge in [0.2, 0.25) is 15.9 Å². The summed E-state index contributed by atoms with van der Waals surface area (Å²) >= 11 is 5.84. The van der Waals surface area contributed by atoms with Gasteiger partial charge in [-0.1, -0.05) is 18.5 Å². The van der Waals surface area contributed by atoms with Crippen LogP contribution in [-0.4, -0.2) is 42.2 Å². The lowest BCUT2D eigenvalue weighted by molar-refractivity contribution is -0.122. The van der Waals surface area contributed by atoms with Gasteiger partial charge in [0.15, 0.2) is 0 Å². The van der Waals surface area contributed by atoms with Gasteiger partial charge < -0.3 is 5.32 Å². The highest BCUT2D eigenvalue weighted by molar-refractivity contribution is 7.89. The number of amides is 1. The first-order valence-corrected chi connectivity index (χ1v) is 8.31. The Kier molecular flexibility index (Phi) is 5.72. The van der Waals surface area contributed by atoms with Crippen molar-refractivity contribution in [1.82, 2.24) is 14.6 Å². The number of nitrogens with one attached hydrogen (secondary N) is 1. The third kappa shape index (κ3) is 4.94. The van der Waals surface area contributed by atoms with Crippen LogP contribution in [0.2, 0.25) is 5.15 Å². The van der Waals surface area contributed by atoms with E-state index in [0.717, 1.165) is 4.31 Å². The van der Waals surface area contributed by atoms with Crippen molar-refractivity contribution in [3.8, 4) is 0 Å². The van der Waals surface area contributed by atoms with Crippen molar-refractivity contribution < 1.29 is 13.2 Å². The largest absolute Gasteiger partial charge is 0.350 e. The number of rotatable bonds is 5. The molecule has 1 heterocycles. The molecule has 0 unspecified atom stereocenters. The summed E-state index contributed by atoms with van der Waals surface area (Å²) in [7, 11) is -3.85. The van der Waals surface area contributed by atoms with Gasteiger partial charge in [-0.15, -0.1) is 0 Å². The van der Waals surface area contributed by atoms with E-state index < -0.39 is 15.6 Å². The molecular weight excluding hydrogens is 314 g/mol. The Balaban J connectivity index is 2.99. The molecule has 0 aliphatic rings. The SMILES string of the molecule is CCN(CC(=O)NC(C)(C)C)S(=O)(=O)c1cccnc1Cl. The number of sulfonamides is 1. The summed E-state index contributed by atoms with van der Waals surface area (Å²) in [6, 6.07) is 2.86. The van der Waals surface area contributed by atoms with Crippen LogP contribution in [0.4, 0.5) is 0 Å². The van der Waals surface area contributed by atoms with Gasteiger partial charge in [-0.25, -0.2) is 13.4 Å². The molecule has 8 heteroatoms. The molecule has 0 aliphatic heterocycles. The van der Waals surface area contributed by atoms with Crippen LogP contribution in [0, 0.1) is 0 Å². The van der Waals surface area contributed by atoms with Crippen LogP contribution >= 0.6 is 11.6 Å². The van der Waals surface area contributed by atoms with Crippen LogP contribution in [0.15, 0.2) is 23.2 Å². The lowest BCUT2D eigenvalue weighted by Crippen LogP contribution is -2.47. The van der Waals surface area contributed by atoms with Crippen LogP contribution in [0.3, 0.4) is 0 Å². The van der Waals surface area contributed by atoms with Gasteiger partial charge in [-0.2, -0.15) is 4.31 Å². The fraction of sp³-hybridized carbons (Fsp3) is 0.538. The van der Waals surface area contributed by atoms with Gasteiger partial charge in [0.1, 0.15) is 10.0 Å². The number of hydrogen-bond acceptors (Lipinski definition) is 4. The summed E-state index contributed by atoms with van der Waals surface area (Å²) in [5.74, 6) is -0.368. The maximum Gasteiger partial charge on any atom is 0.246 e. The number of nitrogens with zero attached hydrogens (tertiary/aromatic N) is 2. The standard InChI is InChI=1S/C13H20ClN3O3S/c1-5-17(9-11(18)16-13(2,3)4)21(19,20)10-7-6-8-15-12(10)14/h6-8H,5,9H2,1-4H3,(H,16,18). The second-order valence-corrected chi connectivity index (χ2v) is 7.79. The number of carbonyl (C=O) groups is 1. The predicted octanol–water partition coefficient (Wildman–Crippen LogP) is 1.66. The van der Waals surface area contributed by atoms with E-state index >= 15 is 0 Å². The number of carbonyl (C=O) groups excluding carboxylic acids is 1. The molecular formula is C13H20ClN3O3S. The summed E-state index contributed by atoms with van der Waals surface area (Å²) in [6.07, 6.45) is 1.41. The van der Waals surface area contributed by atoms with E-state index in [2.05, 4.69) is 10.3 Å².